The van der Waals surface area contributed by atoms with Crippen LogP contribution in [0.1, 0.15) is 13.8 Å². The van der Waals surface area contributed by atoms with E-state index in [4.69, 9.17) is 15.6 Å². The molecule has 5 atom stereocenters. The summed E-state index contributed by atoms with van der Waals surface area (Å²) in [6.07, 6.45) is -3.15. The Hall–Kier alpha value is -1.22. The van der Waals surface area contributed by atoms with Crippen molar-refractivity contribution in [3.8, 4) is 0 Å². The highest BCUT2D eigenvalue weighted by atomic mass is 19.1. The maximum atomic E-state index is 14.5. The van der Waals surface area contributed by atoms with E-state index < -0.39 is 42.9 Å². The lowest BCUT2D eigenvalue weighted by molar-refractivity contribution is -0.0734. The summed E-state index contributed by atoms with van der Waals surface area (Å²) in [6.45, 7) is 2.28. The fourth-order valence-electron chi connectivity index (χ4n) is 2.22. The molecule has 0 saturated carbocycles. The summed E-state index contributed by atoms with van der Waals surface area (Å²) in [7, 11) is 0. The first kappa shape index (κ1) is 14.2. The van der Waals surface area contributed by atoms with Gasteiger partial charge in [0.2, 0.25) is 0 Å². The van der Waals surface area contributed by atoms with Crippen molar-refractivity contribution in [2.24, 2.45) is 5.73 Å². The molecule has 7 nitrogen and oxygen atoms in total. The standard InChI is InChI=1S/C11H18FN3O4/c1-5-3-15(10(18)14-8(5)13)9-11(2,12)7(17)6(4-16)19-9/h3,6-9,16-17H,4,13H2,1-2H3,(H,14,18)/t6-,7+,8?,9-,11-/m1/s1. The predicted molar refractivity (Wildman–Crippen MR) is 63.4 cm³/mol. The van der Waals surface area contributed by atoms with Crippen molar-refractivity contribution >= 4 is 6.03 Å². The quantitative estimate of drug-likeness (QED) is 0.517. The number of halogens is 1. The van der Waals surface area contributed by atoms with Gasteiger partial charge in [-0.25, -0.2) is 9.18 Å². The van der Waals surface area contributed by atoms with Crippen LogP contribution in [0.15, 0.2) is 11.8 Å². The SMILES string of the molecule is CC1=CN([C@@H]2O[C@H](CO)[C@H](O)[C@@]2(C)F)C(=O)NC1N. The van der Waals surface area contributed by atoms with E-state index in [0.717, 1.165) is 11.8 Å². The highest BCUT2D eigenvalue weighted by Crippen LogP contribution is 2.37. The first-order valence-corrected chi connectivity index (χ1v) is 5.95. The Bertz CT molecular complexity index is 415. The third kappa shape index (κ3) is 2.20. The molecule has 0 spiro atoms. The fourth-order valence-corrected chi connectivity index (χ4v) is 2.22. The van der Waals surface area contributed by atoms with Crippen molar-refractivity contribution in [3.63, 3.8) is 0 Å². The number of carbonyl (C=O) groups excluding carboxylic acids is 1. The lowest BCUT2D eigenvalue weighted by atomic mass is 9.98. The number of nitrogens with zero attached hydrogens (tertiary/aromatic N) is 1. The van der Waals surface area contributed by atoms with Crippen LogP contribution in [-0.2, 0) is 4.74 Å². The molecule has 0 aromatic carbocycles. The normalized spacial score (nSPS) is 43.2. The number of amides is 2. The lowest BCUT2D eigenvalue weighted by Crippen LogP contribution is -2.58. The summed E-state index contributed by atoms with van der Waals surface area (Å²) in [4.78, 5) is 12.8. The Balaban J connectivity index is 2.29. The third-order valence-electron chi connectivity index (χ3n) is 3.50. The van der Waals surface area contributed by atoms with Crippen molar-refractivity contribution < 1.29 is 24.1 Å². The number of ether oxygens (including phenoxy) is 1. The maximum Gasteiger partial charge on any atom is 0.325 e. The van der Waals surface area contributed by atoms with Crippen molar-refractivity contribution in [3.05, 3.63) is 11.8 Å². The molecule has 2 aliphatic rings. The van der Waals surface area contributed by atoms with Gasteiger partial charge in [-0.15, -0.1) is 0 Å². The van der Waals surface area contributed by atoms with Gasteiger partial charge in [0.25, 0.3) is 0 Å². The van der Waals surface area contributed by atoms with Crippen LogP contribution in [-0.4, -0.2) is 58.0 Å². The molecule has 2 heterocycles. The minimum absolute atomic E-state index is 0.533. The van der Waals surface area contributed by atoms with Gasteiger partial charge in [-0.2, -0.15) is 0 Å². The summed E-state index contributed by atoms with van der Waals surface area (Å²) in [5.41, 5.74) is 4.06. The van der Waals surface area contributed by atoms with Gasteiger partial charge in [-0.1, -0.05) is 0 Å². The molecule has 2 aliphatic heterocycles. The van der Waals surface area contributed by atoms with Gasteiger partial charge >= 0.3 is 6.03 Å². The van der Waals surface area contributed by atoms with E-state index >= 15 is 0 Å². The fraction of sp³-hybridized carbons (Fsp3) is 0.727. The molecule has 8 heteroatoms. The monoisotopic (exact) mass is 275 g/mol. The Labute approximate surface area is 109 Å². The Morgan fingerprint density at radius 2 is 2.32 bits per heavy atom. The molecule has 0 aromatic rings. The molecule has 1 fully saturated rings. The second-order valence-corrected chi connectivity index (χ2v) is 5.01. The molecule has 19 heavy (non-hydrogen) atoms. The van der Waals surface area contributed by atoms with Crippen LogP contribution < -0.4 is 11.1 Å². The van der Waals surface area contributed by atoms with Crippen LogP contribution in [0.4, 0.5) is 9.18 Å². The number of alkyl halides is 1. The molecule has 1 saturated heterocycles. The molecule has 5 N–H and O–H groups in total. The molecule has 2 amide bonds. The largest absolute Gasteiger partial charge is 0.394 e. The second kappa shape index (κ2) is 4.71. The van der Waals surface area contributed by atoms with Gasteiger partial charge in [-0.05, 0) is 19.4 Å². The van der Waals surface area contributed by atoms with E-state index in [0.29, 0.717) is 5.57 Å². The summed E-state index contributed by atoms with van der Waals surface area (Å²) in [5.74, 6) is 0. The van der Waals surface area contributed by atoms with Crippen molar-refractivity contribution in [1.29, 1.82) is 0 Å². The molecule has 0 aliphatic carbocycles. The number of hydrogen-bond donors (Lipinski definition) is 4. The van der Waals surface area contributed by atoms with Crippen LogP contribution in [0.25, 0.3) is 0 Å². The molecular formula is C11H18FN3O4. The number of aliphatic hydroxyl groups is 2. The molecular weight excluding hydrogens is 257 g/mol. The topological polar surface area (TPSA) is 108 Å². The van der Waals surface area contributed by atoms with Crippen molar-refractivity contribution in [2.75, 3.05) is 6.61 Å². The van der Waals surface area contributed by atoms with Gasteiger partial charge in [0.15, 0.2) is 11.9 Å². The smallest absolute Gasteiger partial charge is 0.325 e. The van der Waals surface area contributed by atoms with Crippen molar-refractivity contribution in [2.45, 2.75) is 44.1 Å². The second-order valence-electron chi connectivity index (χ2n) is 5.01. The zero-order valence-electron chi connectivity index (χ0n) is 10.7. The van der Waals surface area contributed by atoms with E-state index in [2.05, 4.69) is 5.32 Å². The predicted octanol–water partition coefficient (Wildman–Crippen LogP) is -0.993. The molecule has 0 radical (unpaired) electrons. The maximum absolute atomic E-state index is 14.5. The minimum atomic E-state index is -2.19. The van der Waals surface area contributed by atoms with Crippen LogP contribution in [0.5, 0.6) is 0 Å². The zero-order valence-corrected chi connectivity index (χ0v) is 10.7. The van der Waals surface area contributed by atoms with E-state index in [-0.39, 0.29) is 0 Å². The highest BCUT2D eigenvalue weighted by Gasteiger charge is 2.57. The Morgan fingerprint density at radius 3 is 2.84 bits per heavy atom. The number of aliphatic hydroxyl groups excluding tert-OH is 2. The van der Waals surface area contributed by atoms with E-state index in [9.17, 15) is 14.3 Å². The van der Waals surface area contributed by atoms with E-state index in [1.807, 2.05) is 0 Å². The van der Waals surface area contributed by atoms with Crippen LogP contribution in [0.2, 0.25) is 0 Å². The van der Waals surface area contributed by atoms with Crippen LogP contribution in [0, 0.1) is 0 Å². The third-order valence-corrected chi connectivity index (χ3v) is 3.50. The first-order chi connectivity index (χ1) is 8.78. The molecule has 0 aromatic heterocycles. The van der Waals surface area contributed by atoms with Gasteiger partial charge < -0.3 is 26.0 Å². The number of rotatable bonds is 2. The summed E-state index contributed by atoms with van der Waals surface area (Å²) in [5, 5.41) is 21.2. The average Bonchev–Trinajstić information content (AvgIpc) is 2.56. The van der Waals surface area contributed by atoms with Crippen molar-refractivity contribution in [1.82, 2.24) is 10.2 Å². The van der Waals surface area contributed by atoms with Gasteiger partial charge in [-0.3, -0.25) is 4.90 Å². The molecule has 2 rings (SSSR count). The number of nitrogens with two attached hydrogens (primary N) is 1. The number of nitrogens with one attached hydrogen (secondary N) is 1. The number of hydrogen-bond acceptors (Lipinski definition) is 5. The zero-order chi connectivity index (χ0) is 14.4. The Kier molecular flexibility index (Phi) is 3.52. The number of urea groups is 1. The molecule has 0 bridgehead atoms. The van der Waals surface area contributed by atoms with Crippen LogP contribution >= 0.6 is 0 Å². The highest BCUT2D eigenvalue weighted by molar-refractivity contribution is 5.78. The van der Waals surface area contributed by atoms with Gasteiger partial charge in [0.05, 0.1) is 6.61 Å². The molecule has 1 unspecified atom stereocenters. The van der Waals surface area contributed by atoms with Gasteiger partial charge in [0, 0.05) is 6.20 Å². The number of carbonyl (C=O) groups is 1. The molecule has 108 valence electrons. The van der Waals surface area contributed by atoms with E-state index in [1.54, 1.807) is 6.92 Å². The Morgan fingerprint density at radius 1 is 1.68 bits per heavy atom. The lowest BCUT2D eigenvalue weighted by Gasteiger charge is -2.36. The summed E-state index contributed by atoms with van der Waals surface area (Å²) in [6, 6.07) is -0.613. The van der Waals surface area contributed by atoms with Gasteiger partial charge in [0.1, 0.15) is 18.4 Å². The first-order valence-electron chi connectivity index (χ1n) is 5.95. The van der Waals surface area contributed by atoms with E-state index in [1.165, 1.54) is 6.20 Å². The minimum Gasteiger partial charge on any atom is -0.394 e. The summed E-state index contributed by atoms with van der Waals surface area (Å²) >= 11 is 0. The average molecular weight is 275 g/mol. The summed E-state index contributed by atoms with van der Waals surface area (Å²) < 4.78 is 19.8. The van der Waals surface area contributed by atoms with Crippen LogP contribution in [0.3, 0.4) is 0 Å².